The van der Waals surface area contributed by atoms with Gasteiger partial charge in [-0.25, -0.2) is 13.3 Å². The molecule has 5 aromatic rings. The van der Waals surface area contributed by atoms with E-state index in [1.807, 2.05) is 12.3 Å². The molecule has 0 atom stereocenters. The monoisotopic (exact) mass is 584 g/mol. The molecule has 3 aromatic heterocycles. The third-order valence-corrected chi connectivity index (χ3v) is 7.90. The molecule has 1 fully saturated rings. The van der Waals surface area contributed by atoms with E-state index in [4.69, 9.17) is 4.74 Å². The summed E-state index contributed by atoms with van der Waals surface area (Å²) in [4.78, 5) is 28.3. The van der Waals surface area contributed by atoms with Crippen molar-refractivity contribution < 1.29 is 23.4 Å². The van der Waals surface area contributed by atoms with Crippen LogP contribution in [0, 0.1) is 11.6 Å². The smallest absolute Gasteiger partial charge is 0.265 e. The fraction of sp³-hybridized carbons (Fsp3) is 0.242. The normalized spacial score (nSPS) is 14.3. The Hall–Kier alpha value is -4.67. The molecule has 0 unspecified atom stereocenters. The number of rotatable bonds is 9. The van der Waals surface area contributed by atoms with Gasteiger partial charge in [0.2, 0.25) is 0 Å². The maximum Gasteiger partial charge on any atom is 0.265 e. The molecule has 1 aliphatic heterocycles. The Morgan fingerprint density at radius 2 is 1.79 bits per heavy atom. The summed E-state index contributed by atoms with van der Waals surface area (Å²) in [7, 11) is 0. The Kier molecular flexibility index (Phi) is 8.13. The van der Waals surface area contributed by atoms with Crippen LogP contribution in [0.15, 0.2) is 90.1 Å². The summed E-state index contributed by atoms with van der Waals surface area (Å²) in [5.41, 5.74) is 1.98. The van der Waals surface area contributed by atoms with Crippen LogP contribution in [0.3, 0.4) is 0 Å². The number of benzene rings is 2. The van der Waals surface area contributed by atoms with E-state index in [9.17, 15) is 19.1 Å². The van der Waals surface area contributed by atoms with Crippen LogP contribution in [-0.4, -0.2) is 56.2 Å². The molecular formula is C33H30F2N4O4. The number of Topliss-reactive ketones (excluding diaryl/α,β-unsaturated/α-hetero) is 1. The first-order valence-electron chi connectivity index (χ1n) is 14.2. The summed E-state index contributed by atoms with van der Waals surface area (Å²) in [5.74, 6) is -0.768. The molecule has 1 N–H and O–H groups in total. The number of ether oxygens (including phenoxy) is 1. The molecule has 0 aliphatic carbocycles. The van der Waals surface area contributed by atoms with Crippen LogP contribution < -0.4 is 10.3 Å². The molecule has 8 nitrogen and oxygen atoms in total. The maximum atomic E-state index is 15.3. The molecule has 0 saturated carbocycles. The zero-order valence-electron chi connectivity index (χ0n) is 23.3. The molecular weight excluding hydrogens is 554 g/mol. The van der Waals surface area contributed by atoms with Crippen LogP contribution >= 0.6 is 0 Å². The topological polar surface area (TPSA) is 89.1 Å². The molecule has 0 spiro atoms. The van der Waals surface area contributed by atoms with E-state index in [1.165, 1.54) is 53.2 Å². The van der Waals surface area contributed by atoms with E-state index in [0.717, 1.165) is 31.5 Å². The van der Waals surface area contributed by atoms with Gasteiger partial charge in [-0.3, -0.25) is 14.2 Å². The van der Waals surface area contributed by atoms with Gasteiger partial charge < -0.3 is 14.7 Å². The highest BCUT2D eigenvalue weighted by atomic mass is 19.1. The van der Waals surface area contributed by atoms with Crippen LogP contribution in [-0.2, 0) is 6.42 Å². The third kappa shape index (κ3) is 6.11. The number of piperidine rings is 1. The lowest BCUT2D eigenvalue weighted by atomic mass is 9.90. The van der Waals surface area contributed by atoms with Gasteiger partial charge in [-0.1, -0.05) is 6.07 Å². The van der Waals surface area contributed by atoms with Crippen molar-refractivity contribution in [2.24, 2.45) is 0 Å². The number of aliphatic hydroxyl groups is 1. The zero-order valence-corrected chi connectivity index (χ0v) is 23.3. The van der Waals surface area contributed by atoms with Gasteiger partial charge in [0.05, 0.1) is 18.4 Å². The van der Waals surface area contributed by atoms with Gasteiger partial charge in [0.25, 0.3) is 5.56 Å². The Morgan fingerprint density at radius 1 is 1.00 bits per heavy atom. The number of likely N-dealkylation sites (tertiary alicyclic amines) is 1. The maximum absolute atomic E-state index is 15.3. The molecule has 10 heteroatoms. The van der Waals surface area contributed by atoms with Gasteiger partial charge in [-0.05, 0) is 104 Å². The number of pyridine rings is 2. The minimum absolute atomic E-state index is 0.00703. The summed E-state index contributed by atoms with van der Waals surface area (Å²) in [6.07, 6.45) is 6.82. The number of halogens is 2. The number of nitrogens with zero attached hydrogens (tertiary/aromatic N) is 4. The number of carbonyl (C=O) groups excluding carboxylic acids is 1. The Balaban J connectivity index is 1.19. The van der Waals surface area contributed by atoms with Crippen molar-refractivity contribution in [3.63, 3.8) is 0 Å². The van der Waals surface area contributed by atoms with Crippen LogP contribution in [0.4, 0.5) is 8.78 Å². The third-order valence-electron chi connectivity index (χ3n) is 7.90. The van der Waals surface area contributed by atoms with Crippen LogP contribution in [0.2, 0.25) is 0 Å². The number of aliphatic hydroxyl groups excluding tert-OH is 1. The molecule has 0 radical (unpaired) electrons. The lowest BCUT2D eigenvalue weighted by Gasteiger charge is -2.31. The summed E-state index contributed by atoms with van der Waals surface area (Å²) in [6, 6.07) is 16.4. The lowest BCUT2D eigenvalue weighted by molar-refractivity contribution is 0.0991. The van der Waals surface area contributed by atoms with Crippen LogP contribution in [0.25, 0.3) is 11.2 Å². The van der Waals surface area contributed by atoms with Gasteiger partial charge in [0.15, 0.2) is 23.1 Å². The van der Waals surface area contributed by atoms with Crippen molar-refractivity contribution in [1.82, 2.24) is 19.1 Å². The van der Waals surface area contributed by atoms with Gasteiger partial charge in [0.1, 0.15) is 11.3 Å². The zero-order chi connectivity index (χ0) is 29.9. The average molecular weight is 585 g/mol. The molecule has 6 rings (SSSR count). The fourth-order valence-corrected chi connectivity index (χ4v) is 5.60. The number of ketones is 1. The second-order valence-electron chi connectivity index (χ2n) is 10.7. The number of carbonyl (C=O) groups is 1. The first-order chi connectivity index (χ1) is 20.9. The first-order valence-corrected chi connectivity index (χ1v) is 14.2. The minimum Gasteiger partial charge on any atom is -0.452 e. The van der Waals surface area contributed by atoms with Crippen LogP contribution in [0.5, 0.6) is 11.5 Å². The molecule has 0 amide bonds. The second-order valence-corrected chi connectivity index (χ2v) is 10.7. The van der Waals surface area contributed by atoms with Gasteiger partial charge in [0, 0.05) is 31.0 Å². The summed E-state index contributed by atoms with van der Waals surface area (Å²) in [5, 5.41) is 13.6. The van der Waals surface area contributed by atoms with Crippen molar-refractivity contribution >= 4 is 11.3 Å². The molecule has 2 aromatic carbocycles. The Bertz CT molecular complexity index is 1830. The first kappa shape index (κ1) is 28.4. The number of β-amino-alcohol motifs (C(OH)–C–C–N with tert-alkyl or cyclic N) is 1. The van der Waals surface area contributed by atoms with E-state index in [-0.39, 0.29) is 30.3 Å². The van der Waals surface area contributed by atoms with Gasteiger partial charge in [-0.15, -0.1) is 0 Å². The number of hydrogen-bond donors (Lipinski definition) is 1. The molecule has 1 saturated heterocycles. The largest absolute Gasteiger partial charge is 0.452 e. The standard InChI is InChI=1S/C33H30F2N4O4/c34-25-4-6-26(7-5-25)38-13-1-2-27(33(38)42)30(41)19-22-3-8-31(28(35)18-22)43-32-20-24(21-39-29(32)9-12-36-39)23-10-14-37(15-11-23)16-17-40/h1-9,12-13,18,20-21,23,40H,10-11,14-17,19H2. The number of aromatic nitrogens is 3. The van der Waals surface area contributed by atoms with Crippen molar-refractivity contribution in [3.05, 3.63) is 124 Å². The molecule has 220 valence electrons. The van der Waals surface area contributed by atoms with Crippen molar-refractivity contribution in [3.8, 4) is 17.2 Å². The van der Waals surface area contributed by atoms with Gasteiger partial charge >= 0.3 is 0 Å². The van der Waals surface area contributed by atoms with E-state index in [0.29, 0.717) is 29.1 Å². The fourth-order valence-electron chi connectivity index (χ4n) is 5.60. The van der Waals surface area contributed by atoms with E-state index >= 15 is 4.39 Å². The van der Waals surface area contributed by atoms with Gasteiger partial charge in [-0.2, -0.15) is 5.10 Å². The van der Waals surface area contributed by atoms with Crippen molar-refractivity contribution in [2.75, 3.05) is 26.2 Å². The second kappa shape index (κ2) is 12.3. The summed E-state index contributed by atoms with van der Waals surface area (Å²) < 4.78 is 37.7. The highest BCUT2D eigenvalue weighted by molar-refractivity contribution is 5.97. The highest BCUT2D eigenvalue weighted by Gasteiger charge is 2.23. The van der Waals surface area contributed by atoms with E-state index in [1.54, 1.807) is 28.9 Å². The van der Waals surface area contributed by atoms with E-state index < -0.39 is 23.0 Å². The van der Waals surface area contributed by atoms with E-state index in [2.05, 4.69) is 10.00 Å². The van der Waals surface area contributed by atoms with Crippen molar-refractivity contribution in [2.45, 2.75) is 25.2 Å². The predicted octanol–water partition coefficient (Wildman–Crippen LogP) is 5.15. The van der Waals surface area contributed by atoms with Crippen LogP contribution in [0.1, 0.15) is 40.2 Å². The summed E-state index contributed by atoms with van der Waals surface area (Å²) >= 11 is 0. The number of hydrogen-bond acceptors (Lipinski definition) is 6. The molecule has 4 heterocycles. The quantitative estimate of drug-likeness (QED) is 0.241. The molecule has 0 bridgehead atoms. The highest BCUT2D eigenvalue weighted by Crippen LogP contribution is 2.35. The predicted molar refractivity (Wildman–Crippen MR) is 157 cm³/mol. The minimum atomic E-state index is -0.637. The lowest BCUT2D eigenvalue weighted by Crippen LogP contribution is -2.35. The summed E-state index contributed by atoms with van der Waals surface area (Å²) in [6.45, 7) is 2.58. The Labute approximate surface area is 246 Å². The molecule has 1 aliphatic rings. The number of fused-ring (bicyclic) bond motifs is 1. The molecule has 43 heavy (non-hydrogen) atoms. The Morgan fingerprint density at radius 3 is 2.53 bits per heavy atom. The average Bonchev–Trinajstić information content (AvgIpc) is 3.49. The van der Waals surface area contributed by atoms with Crippen molar-refractivity contribution in [1.29, 1.82) is 0 Å². The SMILES string of the molecule is O=C(Cc1ccc(Oc2cc(C3CCN(CCO)CC3)cn3nccc23)c(F)c1)c1cccn(-c2ccc(F)cc2)c1=O.